The molecule has 0 aliphatic carbocycles. The minimum Gasteiger partial charge on any atom is -0.481 e. The third-order valence-electron chi connectivity index (χ3n) is 3.05. The quantitative estimate of drug-likeness (QED) is 0.792. The van der Waals surface area contributed by atoms with Crippen LogP contribution in [0.3, 0.4) is 0 Å². The van der Waals surface area contributed by atoms with Crippen molar-refractivity contribution in [3.05, 3.63) is 34.9 Å². The molecule has 1 amide bonds. The number of hydrogen-bond donors (Lipinski definition) is 2. The van der Waals surface area contributed by atoms with Gasteiger partial charge in [0.2, 0.25) is 0 Å². The molecule has 0 radical (unpaired) electrons. The molecule has 90 valence electrons. The Morgan fingerprint density at radius 2 is 2.29 bits per heavy atom. The lowest BCUT2D eigenvalue weighted by molar-refractivity contribution is -0.138. The van der Waals surface area contributed by atoms with Crippen LogP contribution in [-0.4, -0.2) is 35.5 Å². The van der Waals surface area contributed by atoms with Gasteiger partial charge in [-0.3, -0.25) is 9.59 Å². The van der Waals surface area contributed by atoms with E-state index in [1.54, 1.807) is 30.1 Å². The Labute approximate surface area is 98.8 Å². The zero-order chi connectivity index (χ0) is 12.6. The van der Waals surface area contributed by atoms with Crippen LogP contribution in [0.15, 0.2) is 18.2 Å². The fourth-order valence-electron chi connectivity index (χ4n) is 2.06. The monoisotopic (exact) mass is 234 g/mol. The zero-order valence-corrected chi connectivity index (χ0v) is 9.51. The Hall–Kier alpha value is -1.88. The van der Waals surface area contributed by atoms with Crippen LogP contribution < -0.4 is 5.73 Å². The number of carboxylic acid groups (broad SMARTS) is 1. The topological polar surface area (TPSA) is 83.6 Å². The van der Waals surface area contributed by atoms with Gasteiger partial charge < -0.3 is 15.7 Å². The van der Waals surface area contributed by atoms with E-state index in [1.165, 1.54) is 0 Å². The van der Waals surface area contributed by atoms with Gasteiger partial charge in [-0.05, 0) is 17.2 Å². The summed E-state index contributed by atoms with van der Waals surface area (Å²) in [6, 6.07) is 5.18. The number of amides is 1. The smallest absolute Gasteiger partial charge is 0.312 e. The van der Waals surface area contributed by atoms with E-state index in [2.05, 4.69) is 0 Å². The Morgan fingerprint density at radius 3 is 2.88 bits per heavy atom. The molecular formula is C12H14N2O3. The molecule has 0 fully saturated rings. The molecule has 0 saturated carbocycles. The van der Waals surface area contributed by atoms with Crippen molar-refractivity contribution < 1.29 is 14.7 Å². The highest BCUT2D eigenvalue weighted by Gasteiger charge is 2.26. The molecule has 1 aliphatic heterocycles. The van der Waals surface area contributed by atoms with Crippen LogP contribution in [0, 0.1) is 0 Å². The summed E-state index contributed by atoms with van der Waals surface area (Å²) in [6.45, 7) is 0.604. The number of carbonyl (C=O) groups is 2. The number of carboxylic acids is 1. The minimum atomic E-state index is -0.966. The number of benzene rings is 1. The molecule has 2 rings (SSSR count). The number of hydrogen-bond acceptors (Lipinski definition) is 3. The van der Waals surface area contributed by atoms with E-state index in [1.807, 2.05) is 0 Å². The first kappa shape index (κ1) is 11.6. The number of nitrogens with zero attached hydrogens (tertiary/aromatic N) is 1. The van der Waals surface area contributed by atoms with E-state index < -0.39 is 11.9 Å². The second kappa shape index (κ2) is 4.18. The number of nitrogens with two attached hydrogens (primary N) is 1. The zero-order valence-electron chi connectivity index (χ0n) is 9.51. The van der Waals surface area contributed by atoms with Gasteiger partial charge in [-0.1, -0.05) is 12.1 Å². The summed E-state index contributed by atoms with van der Waals surface area (Å²) < 4.78 is 0. The molecular weight excluding hydrogens is 220 g/mol. The van der Waals surface area contributed by atoms with Gasteiger partial charge in [0.15, 0.2) is 0 Å². The van der Waals surface area contributed by atoms with Gasteiger partial charge in [-0.25, -0.2) is 0 Å². The van der Waals surface area contributed by atoms with E-state index in [0.29, 0.717) is 17.7 Å². The summed E-state index contributed by atoms with van der Waals surface area (Å²) in [4.78, 5) is 24.4. The molecule has 5 heteroatoms. The first-order valence-electron chi connectivity index (χ1n) is 5.35. The van der Waals surface area contributed by atoms with Crippen LogP contribution in [0.1, 0.15) is 27.4 Å². The van der Waals surface area contributed by atoms with E-state index in [-0.39, 0.29) is 12.5 Å². The van der Waals surface area contributed by atoms with Gasteiger partial charge in [0, 0.05) is 25.7 Å². The Morgan fingerprint density at radius 1 is 1.59 bits per heavy atom. The van der Waals surface area contributed by atoms with Crippen molar-refractivity contribution >= 4 is 11.9 Å². The lowest BCUT2D eigenvalue weighted by Gasteiger charge is -2.10. The van der Waals surface area contributed by atoms with E-state index in [9.17, 15) is 9.59 Å². The maximum Gasteiger partial charge on any atom is 0.312 e. The summed E-state index contributed by atoms with van der Waals surface area (Å²) in [5, 5.41) is 9.02. The van der Waals surface area contributed by atoms with Crippen molar-refractivity contribution in [1.29, 1.82) is 0 Å². The first-order chi connectivity index (χ1) is 8.04. The maximum atomic E-state index is 11.8. The Kier molecular flexibility index (Phi) is 2.85. The summed E-state index contributed by atoms with van der Waals surface area (Å²) >= 11 is 0. The van der Waals surface area contributed by atoms with Gasteiger partial charge in [-0.2, -0.15) is 0 Å². The van der Waals surface area contributed by atoms with Gasteiger partial charge >= 0.3 is 5.97 Å². The summed E-state index contributed by atoms with van der Waals surface area (Å²) in [6.07, 6.45) is 0. The van der Waals surface area contributed by atoms with Crippen molar-refractivity contribution in [2.75, 3.05) is 13.6 Å². The summed E-state index contributed by atoms with van der Waals surface area (Å²) in [5.74, 6) is -1.78. The van der Waals surface area contributed by atoms with Crippen LogP contribution in [0.4, 0.5) is 0 Å². The number of aliphatic carboxylic acids is 1. The fraction of sp³-hybridized carbons (Fsp3) is 0.333. The number of fused-ring (bicyclic) bond motifs is 1. The molecule has 0 spiro atoms. The minimum absolute atomic E-state index is 0.0259. The molecule has 0 bridgehead atoms. The van der Waals surface area contributed by atoms with Gasteiger partial charge in [0.25, 0.3) is 5.91 Å². The van der Waals surface area contributed by atoms with Crippen LogP contribution in [0.2, 0.25) is 0 Å². The molecule has 1 aliphatic rings. The SMILES string of the molecule is CN1Cc2ccc(C(CN)C(=O)O)cc2C1=O. The van der Waals surface area contributed by atoms with Crippen molar-refractivity contribution in [3.63, 3.8) is 0 Å². The number of rotatable bonds is 3. The highest BCUT2D eigenvalue weighted by molar-refractivity contribution is 5.98. The van der Waals surface area contributed by atoms with E-state index in [4.69, 9.17) is 10.8 Å². The molecule has 0 saturated heterocycles. The molecule has 1 unspecified atom stereocenters. The third-order valence-corrected chi connectivity index (χ3v) is 3.05. The van der Waals surface area contributed by atoms with Gasteiger partial charge in [0.1, 0.15) is 0 Å². The second-order valence-corrected chi connectivity index (χ2v) is 4.20. The van der Waals surface area contributed by atoms with Crippen molar-refractivity contribution in [2.45, 2.75) is 12.5 Å². The molecule has 1 atom stereocenters. The molecule has 17 heavy (non-hydrogen) atoms. The Bertz CT molecular complexity index is 485. The molecule has 1 heterocycles. The highest BCUT2D eigenvalue weighted by Crippen LogP contribution is 2.25. The van der Waals surface area contributed by atoms with Gasteiger partial charge in [-0.15, -0.1) is 0 Å². The average molecular weight is 234 g/mol. The predicted molar refractivity (Wildman–Crippen MR) is 61.7 cm³/mol. The van der Waals surface area contributed by atoms with Crippen LogP contribution in [-0.2, 0) is 11.3 Å². The number of carbonyl (C=O) groups excluding carboxylic acids is 1. The first-order valence-corrected chi connectivity index (χ1v) is 5.35. The lowest BCUT2D eigenvalue weighted by Crippen LogP contribution is -2.21. The van der Waals surface area contributed by atoms with Crippen LogP contribution >= 0.6 is 0 Å². The summed E-state index contributed by atoms with van der Waals surface area (Å²) in [7, 11) is 1.72. The van der Waals surface area contributed by atoms with Crippen LogP contribution in [0.5, 0.6) is 0 Å². The molecule has 0 aromatic heterocycles. The highest BCUT2D eigenvalue weighted by atomic mass is 16.4. The van der Waals surface area contributed by atoms with E-state index in [0.717, 1.165) is 5.56 Å². The van der Waals surface area contributed by atoms with Crippen molar-refractivity contribution in [2.24, 2.45) is 5.73 Å². The maximum absolute atomic E-state index is 11.8. The van der Waals surface area contributed by atoms with Gasteiger partial charge in [0.05, 0.1) is 5.92 Å². The Balaban J connectivity index is 2.41. The normalized spacial score (nSPS) is 15.9. The standard InChI is InChI=1S/C12H14N2O3/c1-14-6-8-3-2-7(4-9(8)11(14)15)10(5-13)12(16)17/h2-4,10H,5-6,13H2,1H3,(H,16,17). The fourth-order valence-corrected chi connectivity index (χ4v) is 2.06. The largest absolute Gasteiger partial charge is 0.481 e. The third kappa shape index (κ3) is 1.89. The second-order valence-electron chi connectivity index (χ2n) is 4.20. The van der Waals surface area contributed by atoms with E-state index >= 15 is 0 Å². The van der Waals surface area contributed by atoms with Crippen molar-refractivity contribution in [3.8, 4) is 0 Å². The molecule has 5 nitrogen and oxygen atoms in total. The predicted octanol–water partition coefficient (Wildman–Crippen LogP) is 0.399. The molecule has 1 aromatic rings. The summed E-state index contributed by atoms with van der Waals surface area (Å²) in [5.41, 5.74) is 7.54. The molecule has 3 N–H and O–H groups in total. The molecule has 1 aromatic carbocycles. The average Bonchev–Trinajstić information content (AvgIpc) is 2.56. The lowest BCUT2D eigenvalue weighted by atomic mass is 9.96. The van der Waals surface area contributed by atoms with Crippen LogP contribution in [0.25, 0.3) is 0 Å². The van der Waals surface area contributed by atoms with Crippen molar-refractivity contribution in [1.82, 2.24) is 4.90 Å².